The van der Waals surface area contributed by atoms with E-state index in [4.69, 9.17) is 9.47 Å². The number of unbranched alkanes of at least 4 members (excludes halogenated alkanes) is 37. The van der Waals surface area contributed by atoms with Gasteiger partial charge in [0.1, 0.15) is 6.61 Å². The van der Waals surface area contributed by atoms with E-state index >= 15 is 0 Å². The SMILES string of the molecule is CCCCCCCCCCCCCCCCCCCCCCCCCCCCCCCCCC(=O)OC(CO)COC(=O)CCCCCCCCCC. The van der Waals surface area contributed by atoms with Crippen molar-refractivity contribution >= 4 is 11.9 Å². The molecule has 1 atom stereocenters. The second kappa shape index (κ2) is 45.3. The Labute approximate surface area is 331 Å². The minimum atomic E-state index is -0.761. The van der Waals surface area contributed by atoms with E-state index in [1.807, 2.05) is 0 Å². The largest absolute Gasteiger partial charge is 0.462 e. The lowest BCUT2D eigenvalue weighted by atomic mass is 10.0. The van der Waals surface area contributed by atoms with Crippen molar-refractivity contribution in [3.63, 3.8) is 0 Å². The van der Waals surface area contributed by atoms with Crippen LogP contribution in [0.5, 0.6) is 0 Å². The van der Waals surface area contributed by atoms with E-state index in [1.54, 1.807) is 0 Å². The van der Waals surface area contributed by atoms with Crippen LogP contribution in [0, 0.1) is 0 Å². The summed E-state index contributed by atoms with van der Waals surface area (Å²) in [4.78, 5) is 24.2. The smallest absolute Gasteiger partial charge is 0.306 e. The summed E-state index contributed by atoms with van der Waals surface area (Å²) in [5.41, 5.74) is 0. The van der Waals surface area contributed by atoms with Crippen LogP contribution >= 0.6 is 0 Å². The minimum Gasteiger partial charge on any atom is -0.462 e. The van der Waals surface area contributed by atoms with E-state index in [0.29, 0.717) is 12.8 Å². The van der Waals surface area contributed by atoms with Gasteiger partial charge in [-0.1, -0.05) is 251 Å². The fraction of sp³-hybridized carbons (Fsp3) is 0.958. The maximum atomic E-state index is 12.2. The van der Waals surface area contributed by atoms with Crippen LogP contribution < -0.4 is 0 Å². The summed E-state index contributed by atoms with van der Waals surface area (Å²) in [6.45, 7) is 4.14. The number of rotatable bonds is 45. The predicted octanol–water partition coefficient (Wildman–Crippen LogP) is 15.5. The molecule has 0 fully saturated rings. The quantitative estimate of drug-likeness (QED) is 0.0495. The highest BCUT2D eigenvalue weighted by Gasteiger charge is 2.16. The maximum absolute atomic E-state index is 12.2. The molecule has 1 unspecified atom stereocenters. The molecule has 0 aromatic rings. The van der Waals surface area contributed by atoms with Gasteiger partial charge in [-0.25, -0.2) is 0 Å². The molecular weight excluding hydrogens is 657 g/mol. The Morgan fingerprint density at radius 2 is 0.585 bits per heavy atom. The fourth-order valence-corrected chi connectivity index (χ4v) is 7.50. The molecule has 0 aliphatic heterocycles. The van der Waals surface area contributed by atoms with Gasteiger partial charge < -0.3 is 14.6 Å². The van der Waals surface area contributed by atoms with Gasteiger partial charge in [-0.15, -0.1) is 0 Å². The molecule has 0 spiro atoms. The van der Waals surface area contributed by atoms with Crippen LogP contribution in [0.15, 0.2) is 0 Å². The van der Waals surface area contributed by atoms with Crippen molar-refractivity contribution in [3.05, 3.63) is 0 Å². The molecule has 1 N–H and O–H groups in total. The summed E-state index contributed by atoms with van der Waals surface area (Å²) in [5, 5.41) is 9.54. The molecule has 0 aliphatic carbocycles. The molecular formula is C48H94O5. The molecule has 5 nitrogen and oxygen atoms in total. The Bertz CT molecular complexity index is 725. The molecule has 5 heteroatoms. The number of aliphatic hydroxyl groups is 1. The molecule has 53 heavy (non-hydrogen) atoms. The third-order valence-corrected chi connectivity index (χ3v) is 11.2. The molecule has 0 heterocycles. The predicted molar refractivity (Wildman–Crippen MR) is 229 cm³/mol. The van der Waals surface area contributed by atoms with Gasteiger partial charge in [0.15, 0.2) is 6.10 Å². The minimum absolute atomic E-state index is 0.0578. The zero-order valence-electron chi connectivity index (χ0n) is 36.1. The van der Waals surface area contributed by atoms with E-state index in [0.717, 1.165) is 38.5 Å². The van der Waals surface area contributed by atoms with Crippen LogP contribution in [-0.4, -0.2) is 36.4 Å². The summed E-state index contributed by atoms with van der Waals surface area (Å²) in [7, 11) is 0. The van der Waals surface area contributed by atoms with Gasteiger partial charge >= 0.3 is 11.9 Å². The highest BCUT2D eigenvalue weighted by Crippen LogP contribution is 2.17. The Morgan fingerprint density at radius 1 is 0.358 bits per heavy atom. The van der Waals surface area contributed by atoms with Crippen molar-refractivity contribution < 1.29 is 24.2 Å². The molecule has 0 bridgehead atoms. The highest BCUT2D eigenvalue weighted by atomic mass is 16.6. The third kappa shape index (κ3) is 43.5. The van der Waals surface area contributed by atoms with Crippen molar-refractivity contribution in [2.45, 2.75) is 283 Å². The molecule has 0 saturated heterocycles. The number of hydrogen-bond donors (Lipinski definition) is 1. The first kappa shape index (κ1) is 51.9. The second-order valence-corrected chi connectivity index (χ2v) is 16.6. The molecule has 0 aromatic heterocycles. The fourth-order valence-electron chi connectivity index (χ4n) is 7.50. The molecule has 0 amide bonds. The van der Waals surface area contributed by atoms with E-state index in [1.165, 1.54) is 212 Å². The topological polar surface area (TPSA) is 72.8 Å². The van der Waals surface area contributed by atoms with Crippen LogP contribution in [0.1, 0.15) is 277 Å². The summed E-state index contributed by atoms with van der Waals surface area (Å²) in [6.07, 6.45) is 52.3. The molecule has 0 aromatic carbocycles. The van der Waals surface area contributed by atoms with Crippen molar-refractivity contribution in [2.75, 3.05) is 13.2 Å². The highest BCUT2D eigenvalue weighted by molar-refractivity contribution is 5.70. The van der Waals surface area contributed by atoms with Crippen molar-refractivity contribution in [2.24, 2.45) is 0 Å². The number of esters is 2. The van der Waals surface area contributed by atoms with Crippen molar-refractivity contribution in [1.82, 2.24) is 0 Å². The van der Waals surface area contributed by atoms with Crippen LogP contribution in [-0.2, 0) is 19.1 Å². The molecule has 316 valence electrons. The summed E-state index contributed by atoms with van der Waals surface area (Å²) in [6, 6.07) is 0. The first-order valence-corrected chi connectivity index (χ1v) is 24.1. The van der Waals surface area contributed by atoms with Crippen LogP contribution in [0.2, 0.25) is 0 Å². The summed E-state index contributed by atoms with van der Waals surface area (Å²) < 4.78 is 10.6. The zero-order chi connectivity index (χ0) is 38.6. The third-order valence-electron chi connectivity index (χ3n) is 11.2. The monoisotopic (exact) mass is 751 g/mol. The Morgan fingerprint density at radius 3 is 0.830 bits per heavy atom. The number of carbonyl (C=O) groups is 2. The van der Waals surface area contributed by atoms with Crippen molar-refractivity contribution in [3.8, 4) is 0 Å². The lowest BCUT2D eigenvalue weighted by Crippen LogP contribution is -2.28. The first-order chi connectivity index (χ1) is 26.1. The average molecular weight is 751 g/mol. The van der Waals surface area contributed by atoms with E-state index in [9.17, 15) is 14.7 Å². The number of hydrogen-bond acceptors (Lipinski definition) is 5. The Hall–Kier alpha value is -1.10. The van der Waals surface area contributed by atoms with Gasteiger partial charge in [0, 0.05) is 12.8 Å². The lowest BCUT2D eigenvalue weighted by molar-refractivity contribution is -0.161. The standard InChI is InChI=1S/C48H94O5/c1-3-5-7-9-11-13-14-15-16-17-18-19-20-21-22-23-24-25-26-27-28-29-30-31-32-33-34-35-37-39-41-43-48(51)53-46(44-49)45-52-47(50)42-40-38-36-12-10-8-6-4-2/h46,49H,3-45H2,1-2H3. The van der Waals surface area contributed by atoms with E-state index < -0.39 is 6.10 Å². The second-order valence-electron chi connectivity index (χ2n) is 16.6. The van der Waals surface area contributed by atoms with Gasteiger partial charge in [-0.3, -0.25) is 9.59 Å². The number of aliphatic hydroxyl groups excluding tert-OH is 1. The van der Waals surface area contributed by atoms with Gasteiger partial charge in [0.05, 0.1) is 6.61 Å². The Balaban J connectivity index is 3.33. The van der Waals surface area contributed by atoms with Crippen LogP contribution in [0.25, 0.3) is 0 Å². The molecule has 0 aliphatic rings. The van der Waals surface area contributed by atoms with Gasteiger partial charge in [0.25, 0.3) is 0 Å². The molecule has 0 rings (SSSR count). The Kier molecular flexibility index (Phi) is 44.4. The van der Waals surface area contributed by atoms with Gasteiger partial charge in [0.2, 0.25) is 0 Å². The van der Waals surface area contributed by atoms with E-state index in [2.05, 4.69) is 13.8 Å². The van der Waals surface area contributed by atoms with Gasteiger partial charge in [-0.2, -0.15) is 0 Å². The maximum Gasteiger partial charge on any atom is 0.306 e. The summed E-state index contributed by atoms with van der Waals surface area (Å²) in [5.74, 6) is -0.578. The molecule has 0 radical (unpaired) electrons. The van der Waals surface area contributed by atoms with Crippen LogP contribution in [0.4, 0.5) is 0 Å². The number of carbonyl (C=O) groups excluding carboxylic acids is 2. The lowest BCUT2D eigenvalue weighted by Gasteiger charge is -2.15. The first-order valence-electron chi connectivity index (χ1n) is 24.1. The normalized spacial score (nSPS) is 12.0. The van der Waals surface area contributed by atoms with Crippen molar-refractivity contribution in [1.29, 1.82) is 0 Å². The van der Waals surface area contributed by atoms with Gasteiger partial charge in [-0.05, 0) is 12.8 Å². The number of ether oxygens (including phenoxy) is 2. The zero-order valence-corrected chi connectivity index (χ0v) is 36.1. The summed E-state index contributed by atoms with van der Waals surface area (Å²) >= 11 is 0. The van der Waals surface area contributed by atoms with Crippen LogP contribution in [0.3, 0.4) is 0 Å². The van der Waals surface area contributed by atoms with E-state index in [-0.39, 0.29) is 25.2 Å². The molecule has 0 saturated carbocycles. The average Bonchev–Trinajstić information content (AvgIpc) is 3.16.